The van der Waals surface area contributed by atoms with Gasteiger partial charge in [-0.15, -0.1) is 0 Å². The minimum atomic E-state index is -1.57. The van der Waals surface area contributed by atoms with E-state index in [0.29, 0.717) is 0 Å². The molecule has 0 saturated heterocycles. The number of hydrogen-bond donors (Lipinski definition) is 4. The number of aliphatic carboxylic acids is 2. The van der Waals surface area contributed by atoms with E-state index in [2.05, 4.69) is 5.32 Å². The van der Waals surface area contributed by atoms with Gasteiger partial charge in [-0.05, 0) is 26.8 Å². The third-order valence-electron chi connectivity index (χ3n) is 3.20. The van der Waals surface area contributed by atoms with Crippen molar-refractivity contribution in [1.82, 2.24) is 5.32 Å². The van der Waals surface area contributed by atoms with Gasteiger partial charge >= 0.3 is 11.9 Å². The molecule has 110 valence electrons. The van der Waals surface area contributed by atoms with E-state index in [1.54, 1.807) is 0 Å². The van der Waals surface area contributed by atoms with Crippen LogP contribution in [0.3, 0.4) is 0 Å². The van der Waals surface area contributed by atoms with Crippen LogP contribution in [0.15, 0.2) is 23.8 Å². The lowest BCUT2D eigenvalue weighted by Crippen LogP contribution is -2.62. The molecule has 0 aromatic heterocycles. The van der Waals surface area contributed by atoms with Gasteiger partial charge in [-0.25, -0.2) is 4.79 Å². The summed E-state index contributed by atoms with van der Waals surface area (Å²) < 4.78 is 0. The highest BCUT2D eigenvalue weighted by Gasteiger charge is 2.47. The molecule has 1 amide bonds. The Kier molecular flexibility index (Phi) is 4.04. The maximum atomic E-state index is 12.0. The Labute approximate surface area is 116 Å². The summed E-state index contributed by atoms with van der Waals surface area (Å²) in [4.78, 5) is 34.6. The predicted molar refractivity (Wildman–Crippen MR) is 70.8 cm³/mol. The standard InChI is InChI=1S/C13H18N2O5/c1-12(2,14)11(20)15-13(3)7(9(16)17)5-4-6-8(13)10(18)19/h4-7H,14H2,1-3H3,(H,15,20)(H,16,17)(H,18,19). The number of rotatable bonds is 4. The van der Waals surface area contributed by atoms with E-state index in [1.807, 2.05) is 0 Å². The van der Waals surface area contributed by atoms with Crippen LogP contribution >= 0.6 is 0 Å². The molecule has 2 atom stereocenters. The molecule has 5 N–H and O–H groups in total. The number of nitrogens with two attached hydrogens (primary N) is 1. The summed E-state index contributed by atoms with van der Waals surface area (Å²) in [6, 6.07) is 0. The van der Waals surface area contributed by atoms with E-state index in [-0.39, 0.29) is 5.57 Å². The second-order valence-electron chi connectivity index (χ2n) is 5.46. The number of amides is 1. The van der Waals surface area contributed by atoms with Crippen LogP contribution in [-0.2, 0) is 14.4 Å². The molecule has 0 aromatic carbocycles. The summed E-state index contributed by atoms with van der Waals surface area (Å²) in [5.41, 5.74) is 2.63. The molecular formula is C13H18N2O5. The van der Waals surface area contributed by atoms with Crippen molar-refractivity contribution in [3.05, 3.63) is 23.8 Å². The van der Waals surface area contributed by atoms with Crippen LogP contribution in [0.5, 0.6) is 0 Å². The zero-order valence-corrected chi connectivity index (χ0v) is 11.5. The highest BCUT2D eigenvalue weighted by molar-refractivity contribution is 5.96. The number of carboxylic acids is 2. The predicted octanol–water partition coefficient (Wildman–Crippen LogP) is -0.120. The van der Waals surface area contributed by atoms with Crippen molar-refractivity contribution in [1.29, 1.82) is 0 Å². The zero-order valence-electron chi connectivity index (χ0n) is 11.5. The van der Waals surface area contributed by atoms with Gasteiger partial charge in [0.15, 0.2) is 0 Å². The maximum absolute atomic E-state index is 12.0. The molecule has 7 heteroatoms. The van der Waals surface area contributed by atoms with Gasteiger partial charge in [-0.3, -0.25) is 9.59 Å². The summed E-state index contributed by atoms with van der Waals surface area (Å²) in [5, 5.41) is 20.9. The van der Waals surface area contributed by atoms with Crippen LogP contribution in [0.2, 0.25) is 0 Å². The fraction of sp³-hybridized carbons (Fsp3) is 0.462. The smallest absolute Gasteiger partial charge is 0.333 e. The van der Waals surface area contributed by atoms with Crippen molar-refractivity contribution >= 4 is 17.8 Å². The van der Waals surface area contributed by atoms with E-state index in [9.17, 15) is 24.6 Å². The van der Waals surface area contributed by atoms with Crippen LogP contribution in [0.4, 0.5) is 0 Å². The van der Waals surface area contributed by atoms with Crippen molar-refractivity contribution in [2.24, 2.45) is 11.7 Å². The lowest BCUT2D eigenvalue weighted by molar-refractivity contribution is -0.143. The van der Waals surface area contributed by atoms with Crippen molar-refractivity contribution in [3.63, 3.8) is 0 Å². The molecule has 2 unspecified atom stereocenters. The summed E-state index contributed by atoms with van der Waals surface area (Å²) in [6.45, 7) is 4.26. The highest BCUT2D eigenvalue weighted by Crippen LogP contribution is 2.31. The molecule has 1 rings (SSSR count). The molecule has 0 fully saturated rings. The highest BCUT2D eigenvalue weighted by atomic mass is 16.4. The van der Waals surface area contributed by atoms with E-state index >= 15 is 0 Å². The average molecular weight is 282 g/mol. The van der Waals surface area contributed by atoms with E-state index in [0.717, 1.165) is 0 Å². The van der Waals surface area contributed by atoms with Gasteiger partial charge in [0, 0.05) is 0 Å². The monoisotopic (exact) mass is 282 g/mol. The Morgan fingerprint density at radius 1 is 1.35 bits per heavy atom. The number of carbonyl (C=O) groups excluding carboxylic acids is 1. The summed E-state index contributed by atoms with van der Waals surface area (Å²) in [6.07, 6.45) is 3.95. The largest absolute Gasteiger partial charge is 0.481 e. The molecular weight excluding hydrogens is 264 g/mol. The summed E-state index contributed by atoms with van der Waals surface area (Å²) in [5.74, 6) is -4.34. The minimum Gasteiger partial charge on any atom is -0.481 e. The molecule has 0 heterocycles. The molecule has 1 aliphatic carbocycles. The molecule has 7 nitrogen and oxygen atoms in total. The number of allylic oxidation sites excluding steroid dienone is 2. The number of nitrogens with one attached hydrogen (secondary N) is 1. The third kappa shape index (κ3) is 2.88. The van der Waals surface area contributed by atoms with Gasteiger partial charge in [0.25, 0.3) is 0 Å². The lowest BCUT2D eigenvalue weighted by Gasteiger charge is -2.38. The van der Waals surface area contributed by atoms with Crippen molar-refractivity contribution in [3.8, 4) is 0 Å². The summed E-state index contributed by atoms with van der Waals surface area (Å²) in [7, 11) is 0. The van der Waals surface area contributed by atoms with Crippen LogP contribution < -0.4 is 11.1 Å². The molecule has 0 saturated carbocycles. The first-order valence-electron chi connectivity index (χ1n) is 5.96. The third-order valence-corrected chi connectivity index (χ3v) is 3.20. The SMILES string of the molecule is CC(C)(N)C(=O)NC1(C)C(C(=O)O)=CC=CC1C(=O)O. The maximum Gasteiger partial charge on any atom is 0.333 e. The second kappa shape index (κ2) is 5.09. The first-order chi connectivity index (χ1) is 9.00. The number of carbonyl (C=O) groups is 3. The molecule has 0 radical (unpaired) electrons. The van der Waals surface area contributed by atoms with Crippen LogP contribution in [-0.4, -0.2) is 39.1 Å². The van der Waals surface area contributed by atoms with Gasteiger partial charge in [-0.1, -0.05) is 12.2 Å². The van der Waals surface area contributed by atoms with Crippen molar-refractivity contribution < 1.29 is 24.6 Å². The lowest BCUT2D eigenvalue weighted by atomic mass is 9.75. The van der Waals surface area contributed by atoms with E-state index in [4.69, 9.17) is 5.73 Å². The van der Waals surface area contributed by atoms with Crippen LogP contribution in [0.1, 0.15) is 20.8 Å². The van der Waals surface area contributed by atoms with E-state index < -0.39 is 34.8 Å². The number of hydrogen-bond acceptors (Lipinski definition) is 4. The zero-order chi connectivity index (χ0) is 15.7. The van der Waals surface area contributed by atoms with E-state index in [1.165, 1.54) is 39.0 Å². The number of carboxylic acid groups (broad SMARTS) is 2. The average Bonchev–Trinajstić information content (AvgIpc) is 2.26. The molecule has 1 aliphatic rings. The second-order valence-corrected chi connectivity index (χ2v) is 5.46. The quantitative estimate of drug-likeness (QED) is 0.569. The minimum absolute atomic E-state index is 0.204. The summed E-state index contributed by atoms with van der Waals surface area (Å²) >= 11 is 0. The van der Waals surface area contributed by atoms with Gasteiger partial charge < -0.3 is 21.3 Å². The van der Waals surface area contributed by atoms with Crippen molar-refractivity contribution in [2.45, 2.75) is 31.8 Å². The Hall–Kier alpha value is -2.15. The van der Waals surface area contributed by atoms with Gasteiger partial charge in [0.1, 0.15) is 5.92 Å². The van der Waals surface area contributed by atoms with Gasteiger partial charge in [0.05, 0.1) is 16.7 Å². The van der Waals surface area contributed by atoms with Crippen LogP contribution in [0.25, 0.3) is 0 Å². The Bertz CT molecular complexity index is 515. The molecule has 20 heavy (non-hydrogen) atoms. The molecule has 0 aliphatic heterocycles. The Balaban J connectivity index is 3.26. The van der Waals surface area contributed by atoms with Gasteiger partial charge in [0.2, 0.25) is 5.91 Å². The topological polar surface area (TPSA) is 130 Å². The Morgan fingerprint density at radius 3 is 2.30 bits per heavy atom. The van der Waals surface area contributed by atoms with Gasteiger partial charge in [-0.2, -0.15) is 0 Å². The molecule has 0 bridgehead atoms. The molecule has 0 aromatic rings. The molecule has 0 spiro atoms. The first kappa shape index (κ1) is 15.9. The van der Waals surface area contributed by atoms with Crippen molar-refractivity contribution in [2.75, 3.05) is 0 Å². The fourth-order valence-electron chi connectivity index (χ4n) is 1.96. The van der Waals surface area contributed by atoms with Crippen LogP contribution in [0, 0.1) is 5.92 Å². The normalized spacial score (nSPS) is 25.8. The Morgan fingerprint density at radius 2 is 1.90 bits per heavy atom. The fourth-order valence-corrected chi connectivity index (χ4v) is 1.96. The first-order valence-corrected chi connectivity index (χ1v) is 5.96.